The lowest BCUT2D eigenvalue weighted by Gasteiger charge is -2.37. The number of aliphatic hydroxyl groups is 1. The van der Waals surface area contributed by atoms with E-state index in [0.29, 0.717) is 24.3 Å². The number of carbonyl (C=O) groups excluding carboxylic acids is 1. The van der Waals surface area contributed by atoms with Crippen LogP contribution in [0.2, 0.25) is 0 Å². The van der Waals surface area contributed by atoms with Crippen molar-refractivity contribution in [3.63, 3.8) is 0 Å². The predicted octanol–water partition coefficient (Wildman–Crippen LogP) is 1.32. The van der Waals surface area contributed by atoms with Gasteiger partial charge in [0.25, 0.3) is 0 Å². The maximum Gasteiger partial charge on any atom is 0.231 e. The quantitative estimate of drug-likeness (QED) is 0.855. The molecule has 7 nitrogen and oxygen atoms in total. The molecule has 1 saturated carbocycles. The highest BCUT2D eigenvalue weighted by molar-refractivity contribution is 5.79. The number of nitrogens with zero attached hydrogens (tertiary/aromatic N) is 2. The van der Waals surface area contributed by atoms with Crippen LogP contribution in [0.15, 0.2) is 30.6 Å². The first-order chi connectivity index (χ1) is 12.1. The molecule has 1 aliphatic carbocycles. The SMILES string of the molecule is Cn1cc(C(NC(=O)Cc2ccc3c(c2)OCO3)C2CC(O)C2)cn1. The number of aromatic nitrogens is 2. The van der Waals surface area contributed by atoms with E-state index in [4.69, 9.17) is 9.47 Å². The molecule has 1 fully saturated rings. The van der Waals surface area contributed by atoms with Crippen LogP contribution >= 0.6 is 0 Å². The summed E-state index contributed by atoms with van der Waals surface area (Å²) < 4.78 is 12.4. The van der Waals surface area contributed by atoms with Crippen molar-refractivity contribution >= 4 is 5.91 Å². The molecule has 1 amide bonds. The van der Waals surface area contributed by atoms with Crippen molar-refractivity contribution < 1.29 is 19.4 Å². The average Bonchev–Trinajstić information content (AvgIpc) is 3.18. The van der Waals surface area contributed by atoms with Crippen LogP contribution in [0.4, 0.5) is 0 Å². The van der Waals surface area contributed by atoms with Gasteiger partial charge in [0.15, 0.2) is 11.5 Å². The largest absolute Gasteiger partial charge is 0.454 e. The Labute approximate surface area is 145 Å². The second kappa shape index (κ2) is 6.40. The average molecular weight is 343 g/mol. The number of hydrogen-bond donors (Lipinski definition) is 2. The van der Waals surface area contributed by atoms with E-state index in [2.05, 4.69) is 10.4 Å². The molecule has 0 saturated heterocycles. The fourth-order valence-electron chi connectivity index (χ4n) is 3.44. The van der Waals surface area contributed by atoms with E-state index in [1.807, 2.05) is 31.4 Å². The Morgan fingerprint density at radius 3 is 2.92 bits per heavy atom. The van der Waals surface area contributed by atoms with Gasteiger partial charge >= 0.3 is 0 Å². The van der Waals surface area contributed by atoms with E-state index in [0.717, 1.165) is 11.1 Å². The molecule has 0 bridgehead atoms. The van der Waals surface area contributed by atoms with Gasteiger partial charge in [-0.05, 0) is 36.5 Å². The molecule has 1 aromatic heterocycles. The summed E-state index contributed by atoms with van der Waals surface area (Å²) in [4.78, 5) is 12.6. The minimum Gasteiger partial charge on any atom is -0.454 e. The highest BCUT2D eigenvalue weighted by Crippen LogP contribution is 2.38. The van der Waals surface area contributed by atoms with E-state index in [1.165, 1.54) is 0 Å². The van der Waals surface area contributed by atoms with Crippen molar-refractivity contribution in [1.29, 1.82) is 0 Å². The van der Waals surface area contributed by atoms with E-state index < -0.39 is 0 Å². The fraction of sp³-hybridized carbons (Fsp3) is 0.444. The molecule has 2 aliphatic rings. The van der Waals surface area contributed by atoms with Crippen LogP contribution in [-0.4, -0.2) is 33.7 Å². The number of benzene rings is 1. The van der Waals surface area contributed by atoms with E-state index in [-0.39, 0.29) is 37.2 Å². The Morgan fingerprint density at radius 2 is 2.20 bits per heavy atom. The van der Waals surface area contributed by atoms with Gasteiger partial charge in [-0.15, -0.1) is 0 Å². The van der Waals surface area contributed by atoms with Crippen molar-refractivity contribution in [2.75, 3.05) is 6.79 Å². The normalized spacial score (nSPS) is 22.3. The summed E-state index contributed by atoms with van der Waals surface area (Å²) in [5, 5.41) is 16.9. The van der Waals surface area contributed by atoms with Gasteiger partial charge in [-0.3, -0.25) is 9.48 Å². The van der Waals surface area contributed by atoms with Gasteiger partial charge in [-0.1, -0.05) is 6.07 Å². The molecule has 132 valence electrons. The van der Waals surface area contributed by atoms with Crippen molar-refractivity contribution in [3.05, 3.63) is 41.7 Å². The summed E-state index contributed by atoms with van der Waals surface area (Å²) in [7, 11) is 1.85. The summed E-state index contributed by atoms with van der Waals surface area (Å²) in [6, 6.07) is 5.41. The van der Waals surface area contributed by atoms with E-state index in [1.54, 1.807) is 10.9 Å². The molecule has 2 N–H and O–H groups in total. The molecule has 1 atom stereocenters. The molecule has 2 aromatic rings. The lowest BCUT2D eigenvalue weighted by atomic mass is 9.75. The Balaban J connectivity index is 1.45. The first kappa shape index (κ1) is 16.0. The Kier molecular flexibility index (Phi) is 4.09. The number of carbonyl (C=O) groups is 1. The van der Waals surface area contributed by atoms with Crippen LogP contribution < -0.4 is 14.8 Å². The van der Waals surface area contributed by atoms with Crippen molar-refractivity contribution in [2.24, 2.45) is 13.0 Å². The second-order valence-corrected chi connectivity index (χ2v) is 6.74. The monoisotopic (exact) mass is 343 g/mol. The Morgan fingerprint density at radius 1 is 1.40 bits per heavy atom. The number of nitrogens with one attached hydrogen (secondary N) is 1. The molecule has 1 unspecified atom stereocenters. The zero-order valence-corrected chi connectivity index (χ0v) is 14.0. The van der Waals surface area contributed by atoms with Gasteiger partial charge in [0.1, 0.15) is 0 Å². The van der Waals surface area contributed by atoms with Crippen molar-refractivity contribution in [1.82, 2.24) is 15.1 Å². The van der Waals surface area contributed by atoms with Gasteiger partial charge in [-0.25, -0.2) is 0 Å². The number of aryl methyl sites for hydroxylation is 1. The topological polar surface area (TPSA) is 85.6 Å². The first-order valence-corrected chi connectivity index (χ1v) is 8.43. The lowest BCUT2D eigenvalue weighted by Crippen LogP contribution is -2.41. The summed E-state index contributed by atoms with van der Waals surface area (Å²) in [5.74, 6) is 1.56. The minimum atomic E-state index is -0.269. The van der Waals surface area contributed by atoms with Crippen LogP contribution in [0, 0.1) is 5.92 Å². The van der Waals surface area contributed by atoms with Crippen LogP contribution in [0.25, 0.3) is 0 Å². The molecule has 4 rings (SSSR count). The maximum absolute atomic E-state index is 12.6. The maximum atomic E-state index is 12.6. The minimum absolute atomic E-state index is 0.0610. The van der Waals surface area contributed by atoms with Gasteiger partial charge < -0.3 is 19.9 Å². The van der Waals surface area contributed by atoms with Gasteiger partial charge in [0.2, 0.25) is 12.7 Å². The number of rotatable bonds is 5. The molecule has 25 heavy (non-hydrogen) atoms. The second-order valence-electron chi connectivity index (χ2n) is 6.74. The molecular formula is C18H21N3O4. The van der Waals surface area contributed by atoms with E-state index in [9.17, 15) is 9.90 Å². The van der Waals surface area contributed by atoms with Crippen molar-refractivity contribution in [3.8, 4) is 11.5 Å². The molecule has 2 heterocycles. The zero-order valence-electron chi connectivity index (χ0n) is 14.0. The predicted molar refractivity (Wildman–Crippen MR) is 89.1 cm³/mol. The summed E-state index contributed by atoms with van der Waals surface area (Å²) in [6.45, 7) is 0.220. The highest BCUT2D eigenvalue weighted by atomic mass is 16.7. The fourth-order valence-corrected chi connectivity index (χ4v) is 3.44. The number of hydrogen-bond acceptors (Lipinski definition) is 5. The van der Waals surface area contributed by atoms with Crippen LogP contribution in [0.5, 0.6) is 11.5 Å². The molecule has 7 heteroatoms. The van der Waals surface area contributed by atoms with Crippen molar-refractivity contribution in [2.45, 2.75) is 31.4 Å². The van der Waals surface area contributed by atoms with Crippen LogP contribution in [-0.2, 0) is 18.3 Å². The highest BCUT2D eigenvalue weighted by Gasteiger charge is 2.36. The Bertz CT molecular complexity index is 782. The van der Waals surface area contributed by atoms with Crippen LogP contribution in [0.1, 0.15) is 30.0 Å². The molecule has 1 aromatic carbocycles. The summed E-state index contributed by atoms with van der Waals surface area (Å²) >= 11 is 0. The number of aliphatic hydroxyl groups excluding tert-OH is 1. The summed E-state index contributed by atoms with van der Waals surface area (Å²) in [6.07, 6.45) is 5.08. The molecule has 0 radical (unpaired) electrons. The third-order valence-corrected chi connectivity index (χ3v) is 4.82. The molecule has 1 aliphatic heterocycles. The smallest absolute Gasteiger partial charge is 0.231 e. The number of fused-ring (bicyclic) bond motifs is 1. The number of ether oxygens (including phenoxy) is 2. The molecular weight excluding hydrogens is 322 g/mol. The summed E-state index contributed by atoms with van der Waals surface area (Å²) in [5.41, 5.74) is 1.85. The van der Waals surface area contributed by atoms with Gasteiger partial charge in [0, 0.05) is 18.8 Å². The third kappa shape index (κ3) is 3.32. The Hall–Kier alpha value is -2.54. The standard InChI is InChI=1S/C18H21N3O4/c1-21-9-13(8-19-21)18(12-6-14(22)7-12)20-17(23)5-11-2-3-15-16(4-11)25-10-24-15/h2-4,8-9,12,14,18,22H,5-7,10H2,1H3,(H,20,23). The van der Waals surface area contributed by atoms with Crippen LogP contribution in [0.3, 0.4) is 0 Å². The lowest BCUT2D eigenvalue weighted by molar-refractivity contribution is -0.122. The van der Waals surface area contributed by atoms with Gasteiger partial charge in [-0.2, -0.15) is 5.10 Å². The first-order valence-electron chi connectivity index (χ1n) is 8.43. The number of amides is 1. The molecule has 0 spiro atoms. The van der Waals surface area contributed by atoms with Gasteiger partial charge in [0.05, 0.1) is 24.8 Å². The van der Waals surface area contributed by atoms with E-state index >= 15 is 0 Å². The third-order valence-electron chi connectivity index (χ3n) is 4.82. The zero-order chi connectivity index (χ0) is 17.4.